The van der Waals surface area contributed by atoms with Gasteiger partial charge in [-0.3, -0.25) is 5.10 Å². The Balaban J connectivity index is 2.32. The van der Waals surface area contributed by atoms with Gasteiger partial charge in [-0.05, 0) is 32.6 Å². The number of aromatic nitrogens is 2. The lowest BCUT2D eigenvalue weighted by Crippen LogP contribution is -2.39. The molecule has 0 atom stereocenters. The quantitative estimate of drug-likeness (QED) is 0.815. The van der Waals surface area contributed by atoms with Crippen molar-refractivity contribution in [3.05, 3.63) is 11.8 Å². The summed E-state index contributed by atoms with van der Waals surface area (Å²) in [6.45, 7) is 4.36. The molecule has 0 unspecified atom stereocenters. The fraction of sp³-hybridized carbons (Fsp3) is 0.727. The molecule has 0 spiro atoms. The van der Waals surface area contributed by atoms with Gasteiger partial charge < -0.3 is 0 Å². The summed E-state index contributed by atoms with van der Waals surface area (Å²) in [5.41, 5.74) is 0.526. The van der Waals surface area contributed by atoms with E-state index in [9.17, 15) is 8.42 Å². The van der Waals surface area contributed by atoms with E-state index in [0.29, 0.717) is 18.0 Å². The highest BCUT2D eigenvalue weighted by Gasteiger charge is 2.35. The van der Waals surface area contributed by atoms with Crippen LogP contribution in [0.5, 0.6) is 0 Å². The number of aromatic amines is 1. The standard InChI is InChI=1S/C11H18ClN3O2S/c1-8(2)15(7-9-3-4-9)18(16,17)11-10(5-12)6-13-14-11/h6,8-9H,3-5,7H2,1-2H3,(H,13,14). The van der Waals surface area contributed by atoms with Crippen LogP contribution < -0.4 is 0 Å². The zero-order valence-electron chi connectivity index (χ0n) is 10.6. The molecule has 0 bridgehead atoms. The predicted octanol–water partition coefficient (Wildman–Crippen LogP) is 1.96. The van der Waals surface area contributed by atoms with Crippen molar-refractivity contribution < 1.29 is 8.42 Å². The molecule has 1 aliphatic carbocycles. The van der Waals surface area contributed by atoms with E-state index in [-0.39, 0.29) is 16.9 Å². The fourth-order valence-corrected chi connectivity index (χ4v) is 3.98. The highest BCUT2D eigenvalue weighted by molar-refractivity contribution is 7.89. The molecule has 0 aromatic carbocycles. The Hall–Kier alpha value is -0.590. The van der Waals surface area contributed by atoms with E-state index in [1.165, 1.54) is 10.5 Å². The van der Waals surface area contributed by atoms with Crippen LogP contribution in [0.4, 0.5) is 0 Å². The van der Waals surface area contributed by atoms with Gasteiger partial charge in [0.1, 0.15) is 0 Å². The molecule has 0 aliphatic heterocycles. The lowest BCUT2D eigenvalue weighted by atomic mass is 10.3. The fourth-order valence-electron chi connectivity index (χ4n) is 1.88. The monoisotopic (exact) mass is 291 g/mol. The molecule has 18 heavy (non-hydrogen) atoms. The number of nitrogens with one attached hydrogen (secondary N) is 1. The van der Waals surface area contributed by atoms with E-state index >= 15 is 0 Å². The summed E-state index contributed by atoms with van der Waals surface area (Å²) in [4.78, 5) is 0. The highest BCUT2D eigenvalue weighted by atomic mass is 35.5. The van der Waals surface area contributed by atoms with Crippen LogP contribution >= 0.6 is 11.6 Å². The van der Waals surface area contributed by atoms with E-state index in [2.05, 4.69) is 10.2 Å². The number of halogens is 1. The number of rotatable bonds is 6. The Morgan fingerprint density at radius 2 is 2.22 bits per heavy atom. The van der Waals surface area contributed by atoms with Gasteiger partial charge in [-0.15, -0.1) is 11.6 Å². The van der Waals surface area contributed by atoms with Gasteiger partial charge in [0.25, 0.3) is 10.0 Å². The first kappa shape index (κ1) is 13.8. The normalized spacial score (nSPS) is 16.7. The van der Waals surface area contributed by atoms with Crippen LogP contribution in [-0.4, -0.2) is 35.5 Å². The van der Waals surface area contributed by atoms with Gasteiger partial charge >= 0.3 is 0 Å². The van der Waals surface area contributed by atoms with Gasteiger partial charge in [-0.2, -0.15) is 9.40 Å². The maximum Gasteiger partial charge on any atom is 0.260 e. The molecule has 1 fully saturated rings. The number of hydrogen-bond acceptors (Lipinski definition) is 3. The van der Waals surface area contributed by atoms with Crippen LogP contribution in [-0.2, 0) is 15.9 Å². The maximum absolute atomic E-state index is 12.6. The van der Waals surface area contributed by atoms with Gasteiger partial charge in [0.15, 0.2) is 5.03 Å². The third-order valence-corrected chi connectivity index (χ3v) is 5.45. The van der Waals surface area contributed by atoms with Crippen molar-refractivity contribution in [3.63, 3.8) is 0 Å². The van der Waals surface area contributed by atoms with Gasteiger partial charge in [0, 0.05) is 18.2 Å². The summed E-state index contributed by atoms with van der Waals surface area (Å²) >= 11 is 5.74. The molecule has 0 amide bonds. The molecule has 7 heteroatoms. The van der Waals surface area contributed by atoms with Gasteiger partial charge in [-0.1, -0.05) is 0 Å². The zero-order valence-corrected chi connectivity index (χ0v) is 12.1. The summed E-state index contributed by atoms with van der Waals surface area (Å²) < 4.78 is 26.7. The first-order valence-electron chi connectivity index (χ1n) is 6.07. The van der Waals surface area contributed by atoms with Crippen molar-refractivity contribution in [2.24, 2.45) is 5.92 Å². The van der Waals surface area contributed by atoms with Crippen LogP contribution in [0.25, 0.3) is 0 Å². The van der Waals surface area contributed by atoms with E-state index in [0.717, 1.165) is 12.8 Å². The Morgan fingerprint density at radius 3 is 2.72 bits per heavy atom. The van der Waals surface area contributed by atoms with Crippen LogP contribution in [0.15, 0.2) is 11.2 Å². The summed E-state index contributed by atoms with van der Waals surface area (Å²) in [5.74, 6) is 0.644. The van der Waals surface area contributed by atoms with E-state index in [1.807, 2.05) is 13.8 Å². The first-order chi connectivity index (χ1) is 8.46. The molecule has 102 valence electrons. The minimum Gasteiger partial charge on any atom is -0.266 e. The lowest BCUT2D eigenvalue weighted by molar-refractivity contribution is 0.340. The van der Waals surface area contributed by atoms with Crippen LogP contribution in [0, 0.1) is 5.92 Å². The van der Waals surface area contributed by atoms with E-state index in [4.69, 9.17) is 11.6 Å². The SMILES string of the molecule is CC(C)N(CC1CC1)S(=O)(=O)c1[nH]ncc1CCl. The molecule has 1 saturated carbocycles. The Kier molecular flexibility index (Phi) is 3.99. The van der Waals surface area contributed by atoms with Crippen LogP contribution in [0.3, 0.4) is 0 Å². The zero-order chi connectivity index (χ0) is 13.3. The average molecular weight is 292 g/mol. The molecule has 1 aliphatic rings. The molecular formula is C11H18ClN3O2S. The van der Waals surface area contributed by atoms with Gasteiger partial charge in [-0.25, -0.2) is 8.42 Å². The Labute approximate surface area is 113 Å². The minimum atomic E-state index is -3.52. The van der Waals surface area contributed by atoms with Crippen LogP contribution in [0.2, 0.25) is 0 Å². The summed E-state index contributed by atoms with van der Waals surface area (Å²) in [7, 11) is -3.52. The van der Waals surface area contributed by atoms with Crippen molar-refractivity contribution in [3.8, 4) is 0 Å². The Morgan fingerprint density at radius 1 is 1.56 bits per heavy atom. The molecule has 0 radical (unpaired) electrons. The number of H-pyrrole nitrogens is 1. The molecule has 0 saturated heterocycles. The van der Waals surface area contributed by atoms with Gasteiger partial charge in [0.05, 0.1) is 12.1 Å². The van der Waals surface area contributed by atoms with E-state index < -0.39 is 10.0 Å². The lowest BCUT2D eigenvalue weighted by Gasteiger charge is -2.25. The third-order valence-electron chi connectivity index (χ3n) is 3.10. The van der Waals surface area contributed by atoms with Crippen LogP contribution in [0.1, 0.15) is 32.3 Å². The summed E-state index contributed by atoms with van der Waals surface area (Å²) in [5, 5.41) is 6.47. The number of nitrogens with zero attached hydrogens (tertiary/aromatic N) is 2. The number of alkyl halides is 1. The number of hydrogen-bond donors (Lipinski definition) is 1. The smallest absolute Gasteiger partial charge is 0.260 e. The minimum absolute atomic E-state index is 0.0675. The average Bonchev–Trinajstić information content (AvgIpc) is 2.99. The second-order valence-corrected chi connectivity index (χ2v) is 7.06. The first-order valence-corrected chi connectivity index (χ1v) is 8.04. The van der Waals surface area contributed by atoms with E-state index in [1.54, 1.807) is 0 Å². The van der Waals surface area contributed by atoms with Gasteiger partial charge in [0.2, 0.25) is 0 Å². The van der Waals surface area contributed by atoms with Crippen molar-refractivity contribution in [2.45, 2.75) is 43.6 Å². The molecule has 1 heterocycles. The topological polar surface area (TPSA) is 66.1 Å². The predicted molar refractivity (Wildman–Crippen MR) is 69.9 cm³/mol. The number of sulfonamides is 1. The van der Waals surface area contributed by atoms with Crippen molar-refractivity contribution in [2.75, 3.05) is 6.54 Å². The highest BCUT2D eigenvalue weighted by Crippen LogP contribution is 2.32. The molecule has 1 N–H and O–H groups in total. The van der Waals surface area contributed by atoms with Crippen molar-refractivity contribution in [1.29, 1.82) is 0 Å². The second kappa shape index (κ2) is 5.19. The second-order valence-electron chi connectivity index (χ2n) is 4.97. The maximum atomic E-state index is 12.6. The molecule has 1 aromatic heterocycles. The molecular weight excluding hydrogens is 274 g/mol. The molecule has 1 aromatic rings. The third kappa shape index (κ3) is 2.70. The summed E-state index contributed by atoms with van der Waals surface area (Å²) in [6, 6.07) is -0.0675. The van der Waals surface area contributed by atoms with Crippen molar-refractivity contribution >= 4 is 21.6 Å². The largest absolute Gasteiger partial charge is 0.266 e. The molecule has 5 nitrogen and oxygen atoms in total. The summed E-state index contributed by atoms with van der Waals surface area (Å²) in [6.07, 6.45) is 3.70. The van der Waals surface area contributed by atoms with Crippen molar-refractivity contribution in [1.82, 2.24) is 14.5 Å². The Bertz CT molecular complexity index is 508. The molecule has 2 rings (SSSR count).